The number of benzene rings is 2. The van der Waals surface area contributed by atoms with E-state index >= 15 is 0 Å². The van der Waals surface area contributed by atoms with Crippen LogP contribution in [0.2, 0.25) is 0 Å². The molecule has 1 N–H and O–H groups in total. The minimum atomic E-state index is 0.0737. The summed E-state index contributed by atoms with van der Waals surface area (Å²) in [5, 5.41) is 3.41. The van der Waals surface area contributed by atoms with E-state index in [1.165, 1.54) is 11.1 Å². The molecule has 2 aromatic carbocycles. The third-order valence-electron chi connectivity index (χ3n) is 4.85. The molecule has 2 aromatic rings. The summed E-state index contributed by atoms with van der Waals surface area (Å²) in [6.45, 7) is 4.61. The van der Waals surface area contributed by atoms with Gasteiger partial charge in [-0.2, -0.15) is 0 Å². The number of rotatable bonds is 8. The van der Waals surface area contributed by atoms with Gasteiger partial charge in [-0.25, -0.2) is 0 Å². The van der Waals surface area contributed by atoms with E-state index in [-0.39, 0.29) is 5.91 Å². The predicted molar refractivity (Wildman–Crippen MR) is 108 cm³/mol. The topological polar surface area (TPSA) is 50.8 Å². The van der Waals surface area contributed by atoms with E-state index in [0.717, 1.165) is 56.1 Å². The number of aryl methyl sites for hydroxylation is 1. The van der Waals surface area contributed by atoms with Gasteiger partial charge >= 0.3 is 0 Å². The number of nitrogens with zero attached hydrogens (tertiary/aromatic N) is 1. The molecule has 0 saturated heterocycles. The van der Waals surface area contributed by atoms with E-state index in [1.807, 2.05) is 29.2 Å². The third kappa shape index (κ3) is 5.01. The fourth-order valence-electron chi connectivity index (χ4n) is 3.43. The third-order valence-corrected chi connectivity index (χ3v) is 4.85. The highest BCUT2D eigenvalue weighted by molar-refractivity contribution is 5.94. The Morgan fingerprint density at radius 2 is 1.96 bits per heavy atom. The van der Waals surface area contributed by atoms with Gasteiger partial charge in [-0.05, 0) is 55.1 Å². The SMILES string of the molecule is COc1ccc(CCNCCOc2cccc3c2N(C(C)=O)CCC3)cc1. The van der Waals surface area contributed by atoms with Crippen LogP contribution in [0.3, 0.4) is 0 Å². The van der Waals surface area contributed by atoms with Gasteiger partial charge < -0.3 is 19.7 Å². The molecule has 1 heterocycles. The van der Waals surface area contributed by atoms with E-state index < -0.39 is 0 Å². The largest absolute Gasteiger partial charge is 0.497 e. The second kappa shape index (κ2) is 9.42. The smallest absolute Gasteiger partial charge is 0.223 e. The van der Waals surface area contributed by atoms with Crippen LogP contribution in [0.1, 0.15) is 24.5 Å². The second-order valence-corrected chi connectivity index (χ2v) is 6.73. The normalized spacial score (nSPS) is 13.2. The number of carbonyl (C=O) groups is 1. The quantitative estimate of drug-likeness (QED) is 0.727. The highest BCUT2D eigenvalue weighted by Gasteiger charge is 2.23. The van der Waals surface area contributed by atoms with Gasteiger partial charge in [-0.1, -0.05) is 24.3 Å². The molecular weight excluding hydrogens is 340 g/mol. The molecule has 0 bridgehead atoms. The van der Waals surface area contributed by atoms with Crippen LogP contribution in [0.25, 0.3) is 0 Å². The molecule has 5 heteroatoms. The number of amides is 1. The number of para-hydroxylation sites is 1. The van der Waals surface area contributed by atoms with E-state index in [9.17, 15) is 4.79 Å². The number of fused-ring (bicyclic) bond motifs is 1. The van der Waals surface area contributed by atoms with Crippen LogP contribution in [0, 0.1) is 0 Å². The lowest BCUT2D eigenvalue weighted by Crippen LogP contribution is -2.34. The molecule has 1 amide bonds. The Balaban J connectivity index is 1.46. The molecule has 0 aliphatic carbocycles. The van der Waals surface area contributed by atoms with Crippen molar-refractivity contribution >= 4 is 11.6 Å². The molecule has 0 atom stereocenters. The average Bonchev–Trinajstić information content (AvgIpc) is 2.70. The first-order chi connectivity index (χ1) is 13.2. The summed E-state index contributed by atoms with van der Waals surface area (Å²) in [5.74, 6) is 1.76. The monoisotopic (exact) mass is 368 g/mol. The van der Waals surface area contributed by atoms with Crippen molar-refractivity contribution in [1.82, 2.24) is 5.32 Å². The first kappa shape index (κ1) is 19.2. The molecule has 1 aliphatic rings. The van der Waals surface area contributed by atoms with Gasteiger partial charge in [0.25, 0.3) is 0 Å². The summed E-state index contributed by atoms with van der Waals surface area (Å²) in [7, 11) is 1.68. The molecular formula is C22H28N2O3. The fraction of sp³-hybridized carbons (Fsp3) is 0.409. The first-order valence-electron chi connectivity index (χ1n) is 9.55. The van der Waals surface area contributed by atoms with Crippen molar-refractivity contribution < 1.29 is 14.3 Å². The number of ether oxygens (including phenoxy) is 2. The summed E-state index contributed by atoms with van der Waals surface area (Å²) >= 11 is 0. The van der Waals surface area contributed by atoms with Crippen LogP contribution in [-0.2, 0) is 17.6 Å². The minimum absolute atomic E-state index is 0.0737. The molecule has 0 radical (unpaired) electrons. The van der Waals surface area contributed by atoms with E-state index in [4.69, 9.17) is 9.47 Å². The molecule has 0 unspecified atom stereocenters. The van der Waals surface area contributed by atoms with E-state index in [2.05, 4.69) is 23.5 Å². The molecule has 0 saturated carbocycles. The van der Waals surface area contributed by atoms with E-state index in [1.54, 1.807) is 14.0 Å². The fourth-order valence-corrected chi connectivity index (χ4v) is 3.43. The second-order valence-electron chi connectivity index (χ2n) is 6.73. The van der Waals surface area contributed by atoms with Gasteiger partial charge in [0.05, 0.1) is 12.8 Å². The van der Waals surface area contributed by atoms with Gasteiger partial charge in [-0.15, -0.1) is 0 Å². The van der Waals surface area contributed by atoms with Crippen molar-refractivity contribution in [1.29, 1.82) is 0 Å². The maximum absolute atomic E-state index is 12.0. The van der Waals surface area contributed by atoms with Crippen LogP contribution in [0.15, 0.2) is 42.5 Å². The Morgan fingerprint density at radius 1 is 1.15 bits per heavy atom. The maximum atomic E-state index is 12.0. The van der Waals surface area contributed by atoms with E-state index in [0.29, 0.717) is 6.61 Å². The van der Waals surface area contributed by atoms with Crippen molar-refractivity contribution in [3.05, 3.63) is 53.6 Å². The van der Waals surface area contributed by atoms with Crippen LogP contribution in [0.4, 0.5) is 5.69 Å². The Bertz CT molecular complexity index is 759. The van der Waals surface area contributed by atoms with Crippen LogP contribution in [0.5, 0.6) is 11.5 Å². The lowest BCUT2D eigenvalue weighted by molar-refractivity contribution is -0.116. The number of nitrogens with one attached hydrogen (secondary N) is 1. The van der Waals surface area contributed by atoms with Crippen LogP contribution >= 0.6 is 0 Å². The molecule has 144 valence electrons. The average molecular weight is 368 g/mol. The Kier molecular flexibility index (Phi) is 6.71. The number of hydrogen-bond acceptors (Lipinski definition) is 4. The van der Waals surface area contributed by atoms with Crippen molar-refractivity contribution in [3.63, 3.8) is 0 Å². The zero-order valence-electron chi connectivity index (χ0n) is 16.2. The van der Waals surface area contributed by atoms with Gasteiger partial charge in [0.15, 0.2) is 0 Å². The van der Waals surface area contributed by atoms with Crippen molar-refractivity contribution in [2.45, 2.75) is 26.2 Å². The van der Waals surface area contributed by atoms with Crippen molar-refractivity contribution in [2.24, 2.45) is 0 Å². The van der Waals surface area contributed by atoms with Gasteiger partial charge in [0, 0.05) is 20.0 Å². The summed E-state index contributed by atoms with van der Waals surface area (Å²) in [6.07, 6.45) is 2.96. The molecule has 0 aromatic heterocycles. The number of methoxy groups -OCH3 is 1. The molecule has 3 rings (SSSR count). The Labute approximate surface area is 161 Å². The summed E-state index contributed by atoms with van der Waals surface area (Å²) < 4.78 is 11.2. The van der Waals surface area contributed by atoms with Crippen LogP contribution < -0.4 is 19.7 Å². The predicted octanol–water partition coefficient (Wildman–Crippen LogP) is 3.21. The molecule has 0 spiro atoms. The van der Waals surface area contributed by atoms with Crippen molar-refractivity contribution in [2.75, 3.05) is 38.3 Å². The standard InChI is InChI=1S/C22H28N2O3/c1-17(25)24-15-4-6-19-5-3-7-21(22(19)24)27-16-14-23-13-12-18-8-10-20(26-2)11-9-18/h3,5,7-11,23H,4,6,12-16H2,1-2H3. The lowest BCUT2D eigenvalue weighted by atomic mass is 10.0. The zero-order chi connectivity index (χ0) is 19.1. The zero-order valence-corrected chi connectivity index (χ0v) is 16.2. The molecule has 1 aliphatic heterocycles. The van der Waals surface area contributed by atoms with Gasteiger partial charge in [-0.3, -0.25) is 4.79 Å². The summed E-state index contributed by atoms with van der Waals surface area (Å²) in [4.78, 5) is 13.8. The maximum Gasteiger partial charge on any atom is 0.223 e. The summed E-state index contributed by atoms with van der Waals surface area (Å²) in [5.41, 5.74) is 3.43. The van der Waals surface area contributed by atoms with Crippen LogP contribution in [-0.4, -0.2) is 39.3 Å². The van der Waals surface area contributed by atoms with Crippen molar-refractivity contribution in [3.8, 4) is 11.5 Å². The molecule has 0 fully saturated rings. The molecule has 27 heavy (non-hydrogen) atoms. The summed E-state index contributed by atoms with van der Waals surface area (Å²) in [6, 6.07) is 14.2. The van der Waals surface area contributed by atoms with Gasteiger partial charge in [0.2, 0.25) is 5.91 Å². The molecule has 5 nitrogen and oxygen atoms in total. The van der Waals surface area contributed by atoms with Gasteiger partial charge in [0.1, 0.15) is 18.1 Å². The first-order valence-corrected chi connectivity index (χ1v) is 9.55. The number of anilines is 1. The number of hydrogen-bond donors (Lipinski definition) is 1. The lowest BCUT2D eigenvalue weighted by Gasteiger charge is -2.30. The highest BCUT2D eigenvalue weighted by Crippen LogP contribution is 2.36. The minimum Gasteiger partial charge on any atom is -0.497 e. The number of carbonyl (C=O) groups excluding carboxylic acids is 1. The highest BCUT2D eigenvalue weighted by atomic mass is 16.5. The Hall–Kier alpha value is -2.53. The Morgan fingerprint density at radius 3 is 2.70 bits per heavy atom.